The minimum Gasteiger partial charge on any atom is -0.484 e. The number of aryl methyl sites for hydroxylation is 1. The van der Waals surface area contributed by atoms with E-state index in [4.69, 9.17) is 9.15 Å². The molecule has 0 saturated heterocycles. The molecule has 0 atom stereocenters. The molecule has 0 spiro atoms. The van der Waals surface area contributed by atoms with Gasteiger partial charge in [0.1, 0.15) is 5.75 Å². The van der Waals surface area contributed by atoms with Crippen LogP contribution in [0.1, 0.15) is 48.1 Å². The molecule has 0 amide bonds. The molecule has 5 nitrogen and oxygen atoms in total. The van der Waals surface area contributed by atoms with E-state index in [1.165, 1.54) is 17.3 Å². The topological polar surface area (TPSA) is 65.2 Å². The second kappa shape index (κ2) is 8.61. The molecule has 0 saturated carbocycles. The highest BCUT2D eigenvalue weighted by atomic mass is 32.2. The number of benzene rings is 2. The van der Waals surface area contributed by atoms with Crippen molar-refractivity contribution in [3.05, 3.63) is 71.1 Å². The lowest BCUT2D eigenvalue weighted by Gasteiger charge is -2.19. The molecule has 3 rings (SSSR count). The number of thioether (sulfide) groups is 1. The molecule has 146 valence electrons. The molecular formula is C22H24N2O3S. The third-order valence-corrected chi connectivity index (χ3v) is 5.05. The highest BCUT2D eigenvalue weighted by Gasteiger charge is 2.14. The zero-order chi connectivity index (χ0) is 20.1. The maximum Gasteiger partial charge on any atom is 0.277 e. The van der Waals surface area contributed by atoms with Gasteiger partial charge >= 0.3 is 0 Å². The molecule has 0 N–H and O–H groups in total. The van der Waals surface area contributed by atoms with Crippen LogP contribution in [-0.4, -0.2) is 21.7 Å². The monoisotopic (exact) mass is 396 g/mol. The van der Waals surface area contributed by atoms with E-state index in [1.54, 1.807) is 0 Å². The SMILES string of the molecule is Cc1ccc(C(=O)CSc2nnc(COc3ccc(C(C)(C)C)cc3)o2)cc1. The Labute approximate surface area is 169 Å². The van der Waals surface area contributed by atoms with E-state index in [0.717, 1.165) is 11.3 Å². The Balaban J connectivity index is 1.50. The zero-order valence-electron chi connectivity index (χ0n) is 16.6. The van der Waals surface area contributed by atoms with Crippen molar-refractivity contribution in [2.75, 3.05) is 5.75 Å². The van der Waals surface area contributed by atoms with E-state index >= 15 is 0 Å². The van der Waals surface area contributed by atoms with Crippen molar-refractivity contribution in [3.63, 3.8) is 0 Å². The van der Waals surface area contributed by atoms with Gasteiger partial charge in [-0.1, -0.05) is 74.5 Å². The van der Waals surface area contributed by atoms with Gasteiger partial charge in [-0.05, 0) is 30.0 Å². The summed E-state index contributed by atoms with van der Waals surface area (Å²) >= 11 is 1.23. The maximum atomic E-state index is 12.2. The largest absolute Gasteiger partial charge is 0.484 e. The van der Waals surface area contributed by atoms with E-state index in [0.29, 0.717) is 16.7 Å². The molecule has 0 aliphatic heterocycles. The lowest BCUT2D eigenvalue weighted by atomic mass is 9.87. The second-order valence-corrected chi connectivity index (χ2v) is 8.53. The first-order chi connectivity index (χ1) is 13.3. The van der Waals surface area contributed by atoms with E-state index in [-0.39, 0.29) is 23.6 Å². The third kappa shape index (κ3) is 5.45. The minimum atomic E-state index is 0.0277. The maximum absolute atomic E-state index is 12.2. The van der Waals surface area contributed by atoms with Crippen LogP contribution < -0.4 is 4.74 Å². The van der Waals surface area contributed by atoms with Gasteiger partial charge in [-0.25, -0.2) is 0 Å². The Morgan fingerprint density at radius 3 is 2.36 bits per heavy atom. The summed E-state index contributed by atoms with van der Waals surface area (Å²) in [4.78, 5) is 12.2. The van der Waals surface area contributed by atoms with Crippen molar-refractivity contribution in [3.8, 4) is 5.75 Å². The number of rotatable bonds is 7. The van der Waals surface area contributed by atoms with Crippen LogP contribution in [0.15, 0.2) is 58.2 Å². The van der Waals surface area contributed by atoms with Crippen molar-refractivity contribution in [2.24, 2.45) is 0 Å². The number of hydrogen-bond acceptors (Lipinski definition) is 6. The van der Waals surface area contributed by atoms with Crippen molar-refractivity contribution >= 4 is 17.5 Å². The third-order valence-electron chi connectivity index (χ3n) is 4.23. The van der Waals surface area contributed by atoms with E-state index in [9.17, 15) is 4.79 Å². The van der Waals surface area contributed by atoms with Crippen LogP contribution in [0, 0.1) is 6.92 Å². The number of ether oxygens (including phenoxy) is 1. The molecule has 0 aliphatic carbocycles. The van der Waals surface area contributed by atoms with Gasteiger partial charge in [0.15, 0.2) is 12.4 Å². The second-order valence-electron chi connectivity index (χ2n) is 7.60. The summed E-state index contributed by atoms with van der Waals surface area (Å²) in [5.41, 5.74) is 3.15. The molecule has 1 heterocycles. The van der Waals surface area contributed by atoms with Gasteiger partial charge in [0.2, 0.25) is 0 Å². The first kappa shape index (κ1) is 20.1. The Morgan fingerprint density at radius 1 is 1.04 bits per heavy atom. The van der Waals surface area contributed by atoms with Crippen LogP contribution in [0.3, 0.4) is 0 Å². The molecule has 0 radical (unpaired) electrons. The molecule has 28 heavy (non-hydrogen) atoms. The van der Waals surface area contributed by atoms with Gasteiger partial charge in [0, 0.05) is 5.56 Å². The number of nitrogens with zero attached hydrogens (tertiary/aromatic N) is 2. The normalized spacial score (nSPS) is 11.4. The van der Waals surface area contributed by atoms with Crippen LogP contribution in [0.2, 0.25) is 0 Å². The van der Waals surface area contributed by atoms with Gasteiger partial charge in [-0.15, -0.1) is 10.2 Å². The molecule has 0 bridgehead atoms. The van der Waals surface area contributed by atoms with Crippen LogP contribution in [0.25, 0.3) is 0 Å². The molecule has 1 aromatic heterocycles. The summed E-state index contributed by atoms with van der Waals surface area (Å²) in [5.74, 6) is 1.40. The van der Waals surface area contributed by atoms with Crippen molar-refractivity contribution in [1.29, 1.82) is 0 Å². The van der Waals surface area contributed by atoms with Gasteiger partial charge in [0.05, 0.1) is 5.75 Å². The van der Waals surface area contributed by atoms with Crippen molar-refractivity contribution < 1.29 is 13.9 Å². The quantitative estimate of drug-likeness (QED) is 0.402. The standard InChI is InChI=1S/C22H24N2O3S/c1-15-5-7-16(8-6-15)19(25)14-28-21-24-23-20(27-21)13-26-18-11-9-17(10-12-18)22(2,3)4/h5-12H,13-14H2,1-4H3. The number of ketones is 1. The number of hydrogen-bond donors (Lipinski definition) is 0. The fraction of sp³-hybridized carbons (Fsp3) is 0.318. The average molecular weight is 397 g/mol. The highest BCUT2D eigenvalue weighted by molar-refractivity contribution is 7.99. The summed E-state index contributed by atoms with van der Waals surface area (Å²) in [6.07, 6.45) is 0. The fourth-order valence-corrected chi connectivity index (χ4v) is 3.18. The zero-order valence-corrected chi connectivity index (χ0v) is 17.4. The molecule has 6 heteroatoms. The van der Waals surface area contributed by atoms with Gasteiger partial charge in [-0.3, -0.25) is 4.79 Å². The van der Waals surface area contributed by atoms with Crippen molar-refractivity contribution in [1.82, 2.24) is 10.2 Å². The van der Waals surface area contributed by atoms with Gasteiger partial charge < -0.3 is 9.15 Å². The summed E-state index contributed by atoms with van der Waals surface area (Å²) in [6.45, 7) is 8.69. The number of Topliss-reactive ketones (excluding diaryl/α,β-unsaturated/α-hetero) is 1. The number of carbonyl (C=O) groups is 1. The molecular weight excluding hydrogens is 372 g/mol. The van der Waals surface area contributed by atoms with E-state index in [1.807, 2.05) is 43.3 Å². The summed E-state index contributed by atoms with van der Waals surface area (Å²) in [7, 11) is 0. The van der Waals surface area contributed by atoms with Crippen molar-refractivity contribution in [2.45, 2.75) is 44.9 Å². The Morgan fingerprint density at radius 2 is 1.71 bits per heavy atom. The fourth-order valence-electron chi connectivity index (χ4n) is 2.50. The van der Waals surface area contributed by atoms with E-state index in [2.05, 4.69) is 43.1 Å². The molecule has 2 aromatic carbocycles. The van der Waals surface area contributed by atoms with Crippen LogP contribution in [0.4, 0.5) is 0 Å². The minimum absolute atomic E-state index is 0.0277. The summed E-state index contributed by atoms with van der Waals surface area (Å²) in [6, 6.07) is 15.5. The molecule has 0 unspecified atom stereocenters. The lowest BCUT2D eigenvalue weighted by molar-refractivity contribution is 0.102. The van der Waals surface area contributed by atoms with Gasteiger partial charge in [-0.2, -0.15) is 0 Å². The first-order valence-electron chi connectivity index (χ1n) is 9.10. The van der Waals surface area contributed by atoms with Gasteiger partial charge in [0.25, 0.3) is 11.1 Å². The molecule has 0 fully saturated rings. The Bertz CT molecular complexity index is 926. The Kier molecular flexibility index (Phi) is 6.19. The summed E-state index contributed by atoms with van der Waals surface area (Å²) in [5, 5.41) is 8.31. The van der Waals surface area contributed by atoms with Crippen LogP contribution in [0.5, 0.6) is 5.75 Å². The lowest BCUT2D eigenvalue weighted by Crippen LogP contribution is -2.10. The summed E-state index contributed by atoms with van der Waals surface area (Å²) < 4.78 is 11.3. The molecule has 0 aliphatic rings. The number of carbonyl (C=O) groups excluding carboxylic acids is 1. The average Bonchev–Trinajstić information content (AvgIpc) is 3.12. The Hall–Kier alpha value is -2.60. The van der Waals surface area contributed by atoms with Crippen LogP contribution in [-0.2, 0) is 12.0 Å². The number of aromatic nitrogens is 2. The van der Waals surface area contributed by atoms with E-state index < -0.39 is 0 Å². The first-order valence-corrected chi connectivity index (χ1v) is 10.1. The van der Waals surface area contributed by atoms with Crippen LogP contribution >= 0.6 is 11.8 Å². The predicted molar refractivity (Wildman–Crippen MR) is 110 cm³/mol. The highest BCUT2D eigenvalue weighted by Crippen LogP contribution is 2.25. The molecule has 3 aromatic rings. The predicted octanol–water partition coefficient (Wildman–Crippen LogP) is 5.23. The smallest absolute Gasteiger partial charge is 0.277 e.